The molecule has 0 radical (unpaired) electrons. The fourth-order valence-electron chi connectivity index (χ4n) is 4.49. The maximum atomic E-state index is 13.4. The molecule has 34 heavy (non-hydrogen) atoms. The molecule has 2 amide bonds. The average molecular weight is 505 g/mol. The SMILES string of the molecule is CC[C@@H](C(=O)NC1CCCCC1)N(Cc1ccccc1Cl)C(=O)COc1cc(C)c(Cl)c(C)c1. The predicted octanol–water partition coefficient (Wildman–Crippen LogP) is 6.25. The van der Waals surface area contributed by atoms with Gasteiger partial charge in [-0.2, -0.15) is 0 Å². The second-order valence-corrected chi connectivity index (χ2v) is 9.83. The first-order valence-corrected chi connectivity index (χ1v) is 12.8. The summed E-state index contributed by atoms with van der Waals surface area (Å²) >= 11 is 12.7. The maximum Gasteiger partial charge on any atom is 0.261 e. The van der Waals surface area contributed by atoms with Crippen LogP contribution in [0.25, 0.3) is 0 Å². The fraction of sp³-hybridized carbons (Fsp3) is 0.481. The lowest BCUT2D eigenvalue weighted by molar-refractivity contribution is -0.143. The molecule has 5 nitrogen and oxygen atoms in total. The Morgan fingerprint density at radius 1 is 1.09 bits per heavy atom. The summed E-state index contributed by atoms with van der Waals surface area (Å²) < 4.78 is 5.84. The molecule has 2 aromatic rings. The monoisotopic (exact) mass is 504 g/mol. The second-order valence-electron chi connectivity index (χ2n) is 9.04. The number of ether oxygens (including phenoxy) is 1. The molecule has 1 aliphatic rings. The van der Waals surface area contributed by atoms with Crippen LogP contribution in [-0.4, -0.2) is 35.4 Å². The summed E-state index contributed by atoms with van der Waals surface area (Å²) in [6, 6.07) is 10.6. The summed E-state index contributed by atoms with van der Waals surface area (Å²) in [6.07, 6.45) is 5.92. The van der Waals surface area contributed by atoms with Crippen LogP contribution in [0, 0.1) is 13.8 Å². The minimum atomic E-state index is -0.608. The molecule has 0 unspecified atom stereocenters. The number of aryl methyl sites for hydroxylation is 2. The van der Waals surface area contributed by atoms with Gasteiger partial charge in [0.1, 0.15) is 11.8 Å². The molecule has 1 atom stereocenters. The fourth-order valence-corrected chi connectivity index (χ4v) is 4.80. The Labute approximate surface area is 212 Å². The maximum absolute atomic E-state index is 13.4. The van der Waals surface area contributed by atoms with E-state index in [0.29, 0.717) is 22.2 Å². The lowest BCUT2D eigenvalue weighted by Gasteiger charge is -2.33. The van der Waals surface area contributed by atoms with Crippen molar-refractivity contribution in [3.8, 4) is 5.75 Å². The van der Waals surface area contributed by atoms with Crippen molar-refractivity contribution in [2.75, 3.05) is 6.61 Å². The van der Waals surface area contributed by atoms with E-state index in [4.69, 9.17) is 27.9 Å². The summed E-state index contributed by atoms with van der Waals surface area (Å²) in [5.74, 6) is 0.189. The molecule has 0 aliphatic heterocycles. The predicted molar refractivity (Wildman–Crippen MR) is 138 cm³/mol. The molecule has 0 bridgehead atoms. The van der Waals surface area contributed by atoms with Crippen LogP contribution in [0.1, 0.15) is 62.1 Å². The normalized spacial score (nSPS) is 15.0. The minimum Gasteiger partial charge on any atom is -0.484 e. The highest BCUT2D eigenvalue weighted by molar-refractivity contribution is 6.32. The molecule has 184 valence electrons. The van der Waals surface area contributed by atoms with Gasteiger partial charge in [-0.15, -0.1) is 0 Å². The summed E-state index contributed by atoms with van der Waals surface area (Å²) in [7, 11) is 0. The summed E-state index contributed by atoms with van der Waals surface area (Å²) in [5.41, 5.74) is 2.56. The highest BCUT2D eigenvalue weighted by Gasteiger charge is 2.31. The molecule has 1 N–H and O–H groups in total. The van der Waals surface area contributed by atoms with Crippen LogP contribution in [0.2, 0.25) is 10.0 Å². The number of nitrogens with zero attached hydrogens (tertiary/aromatic N) is 1. The van der Waals surface area contributed by atoms with Crippen molar-refractivity contribution in [3.05, 3.63) is 63.1 Å². The van der Waals surface area contributed by atoms with Crippen molar-refractivity contribution in [2.24, 2.45) is 0 Å². The Kier molecular flexibility index (Phi) is 9.66. The number of halogens is 2. The number of amides is 2. The number of nitrogens with one attached hydrogen (secondary N) is 1. The van der Waals surface area contributed by atoms with Crippen molar-refractivity contribution in [1.82, 2.24) is 10.2 Å². The average Bonchev–Trinajstić information content (AvgIpc) is 2.82. The van der Waals surface area contributed by atoms with Gasteiger partial charge in [0.15, 0.2) is 6.61 Å². The van der Waals surface area contributed by atoms with Gasteiger partial charge in [0.25, 0.3) is 5.91 Å². The molecule has 2 aromatic carbocycles. The van der Waals surface area contributed by atoms with Crippen LogP contribution >= 0.6 is 23.2 Å². The molecular formula is C27H34Cl2N2O3. The van der Waals surface area contributed by atoms with Crippen LogP contribution in [-0.2, 0) is 16.1 Å². The molecule has 0 saturated heterocycles. The number of hydrogen-bond donors (Lipinski definition) is 1. The van der Waals surface area contributed by atoms with Crippen molar-refractivity contribution in [2.45, 2.75) is 77.9 Å². The Morgan fingerprint density at radius 2 is 1.74 bits per heavy atom. The minimum absolute atomic E-state index is 0.118. The van der Waals surface area contributed by atoms with Crippen LogP contribution in [0.3, 0.4) is 0 Å². The largest absolute Gasteiger partial charge is 0.484 e. The molecule has 1 fully saturated rings. The van der Waals surface area contributed by atoms with Crippen LogP contribution in [0.4, 0.5) is 0 Å². The molecule has 1 saturated carbocycles. The molecule has 0 heterocycles. The first-order chi connectivity index (χ1) is 16.3. The van der Waals surface area contributed by atoms with Gasteiger partial charge in [-0.05, 0) is 68.0 Å². The van der Waals surface area contributed by atoms with Gasteiger partial charge in [-0.3, -0.25) is 9.59 Å². The molecule has 3 rings (SSSR count). The molecule has 1 aliphatic carbocycles. The third-order valence-corrected chi connectivity index (χ3v) is 7.37. The van der Waals surface area contributed by atoms with Gasteiger partial charge < -0.3 is 15.0 Å². The first kappa shape index (κ1) is 26.4. The Balaban J connectivity index is 1.79. The van der Waals surface area contributed by atoms with E-state index in [2.05, 4.69) is 5.32 Å². The summed E-state index contributed by atoms with van der Waals surface area (Å²) in [6.45, 7) is 5.77. The van der Waals surface area contributed by atoms with E-state index in [-0.39, 0.29) is 31.0 Å². The van der Waals surface area contributed by atoms with E-state index in [0.717, 1.165) is 42.4 Å². The van der Waals surface area contributed by atoms with E-state index >= 15 is 0 Å². The molecule has 0 aromatic heterocycles. The molecular weight excluding hydrogens is 471 g/mol. The molecule has 7 heteroatoms. The molecule has 0 spiro atoms. The van der Waals surface area contributed by atoms with Gasteiger partial charge in [0.05, 0.1) is 0 Å². The van der Waals surface area contributed by atoms with Crippen molar-refractivity contribution < 1.29 is 14.3 Å². The third kappa shape index (κ3) is 6.89. The number of rotatable bonds is 9. The van der Waals surface area contributed by atoms with Gasteiger partial charge in [-0.1, -0.05) is 67.6 Å². The van der Waals surface area contributed by atoms with Crippen molar-refractivity contribution >= 4 is 35.0 Å². The van der Waals surface area contributed by atoms with Crippen LogP contribution in [0.5, 0.6) is 5.75 Å². The third-order valence-electron chi connectivity index (χ3n) is 6.41. The van der Waals surface area contributed by atoms with Crippen LogP contribution < -0.4 is 10.1 Å². The van der Waals surface area contributed by atoms with E-state index in [1.807, 2.05) is 51.1 Å². The lowest BCUT2D eigenvalue weighted by atomic mass is 9.95. The first-order valence-electron chi connectivity index (χ1n) is 12.0. The Bertz CT molecular complexity index is 982. The highest BCUT2D eigenvalue weighted by atomic mass is 35.5. The summed E-state index contributed by atoms with van der Waals surface area (Å²) in [4.78, 5) is 28.3. The van der Waals surface area contributed by atoms with E-state index in [9.17, 15) is 9.59 Å². The van der Waals surface area contributed by atoms with Crippen molar-refractivity contribution in [3.63, 3.8) is 0 Å². The summed E-state index contributed by atoms with van der Waals surface area (Å²) in [5, 5.41) is 4.43. The Morgan fingerprint density at radius 3 is 2.35 bits per heavy atom. The van der Waals surface area contributed by atoms with E-state index < -0.39 is 6.04 Å². The smallest absolute Gasteiger partial charge is 0.261 e. The van der Waals surface area contributed by atoms with Gasteiger partial charge in [0.2, 0.25) is 5.91 Å². The quantitative estimate of drug-likeness (QED) is 0.439. The Hall–Kier alpha value is -2.24. The van der Waals surface area contributed by atoms with Gasteiger partial charge in [0, 0.05) is 22.6 Å². The van der Waals surface area contributed by atoms with Crippen LogP contribution in [0.15, 0.2) is 36.4 Å². The zero-order valence-electron chi connectivity index (χ0n) is 20.2. The van der Waals surface area contributed by atoms with Crippen molar-refractivity contribution in [1.29, 1.82) is 0 Å². The standard InChI is InChI=1S/C27H34Cl2N2O3/c1-4-24(27(33)30-21-11-6-5-7-12-21)31(16-20-10-8-9-13-23(20)28)25(32)17-34-22-14-18(2)26(29)19(3)15-22/h8-10,13-15,21,24H,4-7,11-12,16-17H2,1-3H3,(H,30,33)/t24-/m0/s1. The highest BCUT2D eigenvalue weighted by Crippen LogP contribution is 2.26. The lowest BCUT2D eigenvalue weighted by Crippen LogP contribution is -2.52. The number of benzene rings is 2. The topological polar surface area (TPSA) is 58.6 Å². The van der Waals surface area contributed by atoms with Gasteiger partial charge >= 0.3 is 0 Å². The zero-order chi connectivity index (χ0) is 24.7. The van der Waals surface area contributed by atoms with E-state index in [1.165, 1.54) is 6.42 Å². The zero-order valence-corrected chi connectivity index (χ0v) is 21.7. The van der Waals surface area contributed by atoms with E-state index in [1.54, 1.807) is 11.0 Å². The number of hydrogen-bond acceptors (Lipinski definition) is 3. The van der Waals surface area contributed by atoms with Gasteiger partial charge in [-0.25, -0.2) is 0 Å². The number of carbonyl (C=O) groups is 2. The second kappa shape index (κ2) is 12.5. The number of carbonyl (C=O) groups excluding carboxylic acids is 2.